The van der Waals surface area contributed by atoms with Crippen molar-refractivity contribution in [3.63, 3.8) is 0 Å². The van der Waals surface area contributed by atoms with Gasteiger partial charge in [-0.3, -0.25) is 4.79 Å². The fraction of sp³-hybridized carbons (Fsp3) is 0.923. The molecule has 0 aromatic carbocycles. The van der Waals surface area contributed by atoms with Gasteiger partial charge in [0.1, 0.15) is 6.10 Å². The van der Waals surface area contributed by atoms with Crippen LogP contribution in [0.3, 0.4) is 0 Å². The average molecular weight is 225 g/mol. The molecule has 0 amide bonds. The largest absolute Gasteiger partial charge is 0.462 e. The van der Waals surface area contributed by atoms with Gasteiger partial charge in [-0.05, 0) is 38.5 Å². The molecule has 0 spiro atoms. The summed E-state index contributed by atoms with van der Waals surface area (Å²) in [5, 5.41) is 3.34. The third kappa shape index (κ3) is 4.52. The van der Waals surface area contributed by atoms with E-state index in [9.17, 15) is 4.79 Å². The molecule has 0 saturated heterocycles. The van der Waals surface area contributed by atoms with Gasteiger partial charge in [-0.1, -0.05) is 12.8 Å². The Morgan fingerprint density at radius 1 is 1.06 bits per heavy atom. The molecule has 2 aliphatic carbocycles. The first-order chi connectivity index (χ1) is 7.84. The van der Waals surface area contributed by atoms with E-state index < -0.39 is 0 Å². The quantitative estimate of drug-likeness (QED) is 0.577. The van der Waals surface area contributed by atoms with E-state index in [1.807, 2.05) is 0 Å². The van der Waals surface area contributed by atoms with Crippen LogP contribution in [-0.4, -0.2) is 24.7 Å². The normalized spacial score (nSPS) is 22.8. The number of carbonyl (C=O) groups is 1. The fourth-order valence-corrected chi connectivity index (χ4v) is 2.27. The van der Waals surface area contributed by atoms with E-state index in [4.69, 9.17) is 4.74 Å². The topological polar surface area (TPSA) is 38.3 Å². The smallest absolute Gasteiger partial charge is 0.307 e. The predicted molar refractivity (Wildman–Crippen MR) is 63.2 cm³/mol. The number of hydrogen-bond donors (Lipinski definition) is 1. The Balaban J connectivity index is 1.56. The van der Waals surface area contributed by atoms with Crippen molar-refractivity contribution in [1.82, 2.24) is 5.32 Å². The third-order valence-corrected chi connectivity index (χ3v) is 3.44. The molecule has 0 aromatic rings. The summed E-state index contributed by atoms with van der Waals surface area (Å²) in [6.45, 7) is 0.788. The van der Waals surface area contributed by atoms with Crippen LogP contribution in [0.15, 0.2) is 0 Å². The molecule has 0 unspecified atom stereocenters. The Kier molecular flexibility index (Phi) is 4.64. The first kappa shape index (κ1) is 11.9. The molecule has 92 valence electrons. The standard InChI is InChI=1S/C13H23NO2/c15-13(9-10-14-11-7-8-11)16-12-5-3-1-2-4-6-12/h11-12,14H,1-10H2. The summed E-state index contributed by atoms with van der Waals surface area (Å²) in [4.78, 5) is 11.6. The summed E-state index contributed by atoms with van der Waals surface area (Å²) < 4.78 is 5.49. The first-order valence-corrected chi connectivity index (χ1v) is 6.77. The minimum absolute atomic E-state index is 0.0138. The number of hydrogen-bond acceptors (Lipinski definition) is 3. The molecule has 3 nitrogen and oxygen atoms in total. The molecule has 1 N–H and O–H groups in total. The lowest BCUT2D eigenvalue weighted by molar-refractivity contribution is -0.149. The molecule has 0 bridgehead atoms. The Hall–Kier alpha value is -0.570. The van der Waals surface area contributed by atoms with Gasteiger partial charge in [-0.2, -0.15) is 0 Å². The van der Waals surface area contributed by atoms with Gasteiger partial charge in [0.25, 0.3) is 0 Å². The first-order valence-electron chi connectivity index (χ1n) is 6.77. The van der Waals surface area contributed by atoms with E-state index in [1.165, 1.54) is 38.5 Å². The second-order valence-electron chi connectivity index (χ2n) is 5.08. The minimum Gasteiger partial charge on any atom is -0.462 e. The fourth-order valence-electron chi connectivity index (χ4n) is 2.27. The van der Waals surface area contributed by atoms with Crippen molar-refractivity contribution in [2.24, 2.45) is 0 Å². The number of nitrogens with one attached hydrogen (secondary N) is 1. The maximum absolute atomic E-state index is 11.6. The van der Waals surface area contributed by atoms with E-state index in [2.05, 4.69) is 5.32 Å². The monoisotopic (exact) mass is 225 g/mol. The van der Waals surface area contributed by atoms with E-state index in [0.717, 1.165) is 19.4 Å². The molecule has 0 aliphatic heterocycles. The summed E-state index contributed by atoms with van der Waals surface area (Å²) in [7, 11) is 0. The van der Waals surface area contributed by atoms with Crippen LogP contribution in [-0.2, 0) is 9.53 Å². The molecule has 0 heterocycles. The maximum Gasteiger partial charge on any atom is 0.307 e. The summed E-state index contributed by atoms with van der Waals surface area (Å²) in [5.41, 5.74) is 0. The molecule has 3 heteroatoms. The van der Waals surface area contributed by atoms with Gasteiger partial charge >= 0.3 is 5.97 Å². The minimum atomic E-state index is -0.0138. The molecular weight excluding hydrogens is 202 g/mol. The summed E-state index contributed by atoms with van der Waals surface area (Å²) >= 11 is 0. The lowest BCUT2D eigenvalue weighted by Crippen LogP contribution is -2.24. The lowest BCUT2D eigenvalue weighted by atomic mass is 10.1. The Morgan fingerprint density at radius 3 is 2.38 bits per heavy atom. The van der Waals surface area contributed by atoms with Crippen LogP contribution >= 0.6 is 0 Å². The average Bonchev–Trinajstić information content (AvgIpc) is 3.05. The van der Waals surface area contributed by atoms with E-state index >= 15 is 0 Å². The predicted octanol–water partition coefficient (Wildman–Crippen LogP) is 2.39. The summed E-state index contributed by atoms with van der Waals surface area (Å²) in [5.74, 6) is -0.0138. The Morgan fingerprint density at radius 2 is 1.75 bits per heavy atom. The number of carbonyl (C=O) groups excluding carboxylic acids is 1. The summed E-state index contributed by atoms with van der Waals surface area (Å²) in [6, 6.07) is 0.686. The number of rotatable bonds is 5. The van der Waals surface area contributed by atoms with Crippen molar-refractivity contribution in [2.45, 2.75) is 69.9 Å². The second-order valence-corrected chi connectivity index (χ2v) is 5.08. The summed E-state index contributed by atoms with van der Waals surface area (Å²) in [6.07, 6.45) is 10.5. The zero-order chi connectivity index (χ0) is 11.2. The maximum atomic E-state index is 11.6. The highest BCUT2D eigenvalue weighted by molar-refractivity contribution is 5.69. The SMILES string of the molecule is O=C(CCNC1CC1)OC1CCCCCC1. The third-order valence-electron chi connectivity index (χ3n) is 3.44. The van der Waals surface area contributed by atoms with Crippen LogP contribution in [0, 0.1) is 0 Å². The van der Waals surface area contributed by atoms with Crippen molar-refractivity contribution in [3.05, 3.63) is 0 Å². The Bertz CT molecular complexity index is 218. The zero-order valence-corrected chi connectivity index (χ0v) is 10.0. The highest BCUT2D eigenvalue weighted by atomic mass is 16.5. The van der Waals surface area contributed by atoms with Gasteiger partial charge < -0.3 is 10.1 Å². The molecule has 0 atom stereocenters. The van der Waals surface area contributed by atoms with E-state index in [-0.39, 0.29) is 12.1 Å². The van der Waals surface area contributed by atoms with Gasteiger partial charge in [0.15, 0.2) is 0 Å². The zero-order valence-electron chi connectivity index (χ0n) is 10.0. The molecule has 2 saturated carbocycles. The van der Waals surface area contributed by atoms with Crippen molar-refractivity contribution in [3.8, 4) is 0 Å². The van der Waals surface area contributed by atoms with Gasteiger partial charge in [-0.25, -0.2) is 0 Å². The lowest BCUT2D eigenvalue weighted by Gasteiger charge is -2.15. The van der Waals surface area contributed by atoms with Gasteiger partial charge in [-0.15, -0.1) is 0 Å². The van der Waals surface area contributed by atoms with Crippen LogP contribution in [0.5, 0.6) is 0 Å². The van der Waals surface area contributed by atoms with Crippen molar-refractivity contribution < 1.29 is 9.53 Å². The second kappa shape index (κ2) is 6.24. The number of esters is 1. The molecule has 0 aromatic heterocycles. The van der Waals surface area contributed by atoms with Crippen molar-refractivity contribution in [1.29, 1.82) is 0 Å². The van der Waals surface area contributed by atoms with Crippen molar-refractivity contribution >= 4 is 5.97 Å². The molecular formula is C13H23NO2. The molecule has 0 radical (unpaired) electrons. The van der Waals surface area contributed by atoms with Crippen LogP contribution in [0.25, 0.3) is 0 Å². The van der Waals surface area contributed by atoms with Crippen LogP contribution in [0.1, 0.15) is 57.8 Å². The molecule has 2 aliphatic rings. The van der Waals surface area contributed by atoms with Gasteiger partial charge in [0.05, 0.1) is 6.42 Å². The van der Waals surface area contributed by atoms with Gasteiger partial charge in [0, 0.05) is 12.6 Å². The number of ether oxygens (including phenoxy) is 1. The molecule has 16 heavy (non-hydrogen) atoms. The molecule has 2 rings (SSSR count). The van der Waals surface area contributed by atoms with Gasteiger partial charge in [0.2, 0.25) is 0 Å². The molecule has 2 fully saturated rings. The van der Waals surface area contributed by atoms with Crippen LogP contribution in [0.2, 0.25) is 0 Å². The van der Waals surface area contributed by atoms with Crippen LogP contribution < -0.4 is 5.32 Å². The highest BCUT2D eigenvalue weighted by Crippen LogP contribution is 2.20. The highest BCUT2D eigenvalue weighted by Gasteiger charge is 2.21. The van der Waals surface area contributed by atoms with Crippen LogP contribution in [0.4, 0.5) is 0 Å². The van der Waals surface area contributed by atoms with Crippen molar-refractivity contribution in [2.75, 3.05) is 6.54 Å². The van der Waals surface area contributed by atoms with E-state index in [0.29, 0.717) is 12.5 Å². The Labute approximate surface area is 97.9 Å². The van der Waals surface area contributed by atoms with E-state index in [1.54, 1.807) is 0 Å².